The van der Waals surface area contributed by atoms with Crippen LogP contribution in [0.4, 0.5) is 15.2 Å². The van der Waals surface area contributed by atoms with Crippen molar-refractivity contribution in [3.63, 3.8) is 0 Å². The van der Waals surface area contributed by atoms with Gasteiger partial charge in [0.2, 0.25) is 10.1 Å². The molecule has 0 fully saturated rings. The van der Waals surface area contributed by atoms with E-state index >= 15 is 0 Å². The Kier molecular flexibility index (Phi) is 4.46. The van der Waals surface area contributed by atoms with Crippen LogP contribution >= 0.6 is 11.3 Å². The summed E-state index contributed by atoms with van der Waals surface area (Å²) < 4.78 is 18.3. The summed E-state index contributed by atoms with van der Waals surface area (Å²) >= 11 is 1.13. The first-order valence-corrected chi connectivity index (χ1v) is 6.68. The fraction of sp³-hybridized carbons (Fsp3) is 0.250. The Morgan fingerprint density at radius 3 is 2.90 bits per heavy atom. The molecule has 0 atom stereocenters. The van der Waals surface area contributed by atoms with Crippen molar-refractivity contribution in [1.82, 2.24) is 10.2 Å². The Bertz CT molecular complexity index is 617. The number of nitrogens with zero attached hydrogens (tertiary/aromatic N) is 2. The van der Waals surface area contributed by atoms with Crippen LogP contribution in [0.25, 0.3) is 0 Å². The first kappa shape index (κ1) is 14.2. The van der Waals surface area contributed by atoms with Crippen molar-refractivity contribution in [2.24, 2.45) is 0 Å². The number of halogens is 1. The number of carbonyl (C=O) groups excluding carboxylic acids is 1. The summed E-state index contributed by atoms with van der Waals surface area (Å²) in [5, 5.41) is 13.9. The minimum atomic E-state index is -0.545. The fourth-order valence-corrected chi connectivity index (χ4v) is 2.17. The molecule has 2 aromatic rings. The highest BCUT2D eigenvalue weighted by Gasteiger charge is 2.13. The lowest BCUT2D eigenvalue weighted by Gasteiger charge is -2.05. The molecule has 0 saturated heterocycles. The highest BCUT2D eigenvalue weighted by molar-refractivity contribution is 7.17. The first-order valence-electron chi connectivity index (χ1n) is 5.86. The number of benzene rings is 1. The Morgan fingerprint density at radius 1 is 1.45 bits per heavy atom. The SMILES string of the molecule is CCNc1nnc(C(=O)Nc2ccc(OC)c(F)c2)s1. The number of ether oxygens (including phenoxy) is 1. The van der Waals surface area contributed by atoms with Gasteiger partial charge < -0.3 is 15.4 Å². The summed E-state index contributed by atoms with van der Waals surface area (Å²) in [5.74, 6) is -0.861. The molecule has 0 spiro atoms. The standard InChI is InChI=1S/C12H13FN4O2S/c1-3-14-12-17-16-11(20-12)10(18)15-7-4-5-9(19-2)8(13)6-7/h4-6H,3H2,1-2H3,(H,14,17)(H,15,18). The summed E-state index contributed by atoms with van der Waals surface area (Å²) in [6.45, 7) is 2.61. The fourth-order valence-electron chi connectivity index (χ4n) is 1.47. The topological polar surface area (TPSA) is 76.1 Å². The van der Waals surface area contributed by atoms with Gasteiger partial charge in [0.05, 0.1) is 7.11 Å². The number of amides is 1. The molecule has 1 aromatic heterocycles. The number of carbonyl (C=O) groups is 1. The van der Waals surface area contributed by atoms with Crippen LogP contribution in [0.3, 0.4) is 0 Å². The molecule has 1 aromatic carbocycles. The van der Waals surface area contributed by atoms with Gasteiger partial charge in [-0.25, -0.2) is 4.39 Å². The molecule has 20 heavy (non-hydrogen) atoms. The van der Waals surface area contributed by atoms with Gasteiger partial charge in [0.25, 0.3) is 5.91 Å². The smallest absolute Gasteiger partial charge is 0.286 e. The maximum Gasteiger partial charge on any atom is 0.286 e. The monoisotopic (exact) mass is 296 g/mol. The second kappa shape index (κ2) is 6.29. The number of rotatable bonds is 5. The van der Waals surface area contributed by atoms with E-state index in [1.807, 2.05) is 6.92 Å². The lowest BCUT2D eigenvalue weighted by atomic mass is 10.3. The summed E-state index contributed by atoms with van der Waals surface area (Å²) in [5.41, 5.74) is 0.327. The van der Waals surface area contributed by atoms with E-state index in [2.05, 4.69) is 20.8 Å². The average Bonchev–Trinajstić information content (AvgIpc) is 2.88. The zero-order valence-electron chi connectivity index (χ0n) is 10.9. The van der Waals surface area contributed by atoms with Crippen molar-refractivity contribution in [2.75, 3.05) is 24.3 Å². The zero-order chi connectivity index (χ0) is 14.5. The van der Waals surface area contributed by atoms with Gasteiger partial charge >= 0.3 is 0 Å². The van der Waals surface area contributed by atoms with Crippen LogP contribution in [-0.2, 0) is 0 Å². The van der Waals surface area contributed by atoms with Crippen molar-refractivity contribution in [1.29, 1.82) is 0 Å². The second-order valence-electron chi connectivity index (χ2n) is 3.75. The molecule has 106 valence electrons. The van der Waals surface area contributed by atoms with Crippen molar-refractivity contribution in [2.45, 2.75) is 6.92 Å². The van der Waals surface area contributed by atoms with E-state index < -0.39 is 11.7 Å². The normalized spacial score (nSPS) is 10.2. The van der Waals surface area contributed by atoms with Crippen molar-refractivity contribution in [3.05, 3.63) is 29.0 Å². The van der Waals surface area contributed by atoms with Crippen LogP contribution < -0.4 is 15.4 Å². The van der Waals surface area contributed by atoms with E-state index in [4.69, 9.17) is 4.74 Å². The lowest BCUT2D eigenvalue weighted by Crippen LogP contribution is -2.11. The van der Waals surface area contributed by atoms with Crippen LogP contribution in [0.15, 0.2) is 18.2 Å². The quantitative estimate of drug-likeness (QED) is 0.886. The molecule has 0 aliphatic carbocycles. The molecule has 0 unspecified atom stereocenters. The second-order valence-corrected chi connectivity index (χ2v) is 4.72. The van der Waals surface area contributed by atoms with Gasteiger partial charge in [-0.2, -0.15) is 0 Å². The Balaban J connectivity index is 2.08. The first-order chi connectivity index (χ1) is 9.63. The van der Waals surface area contributed by atoms with E-state index in [-0.39, 0.29) is 10.8 Å². The van der Waals surface area contributed by atoms with Crippen molar-refractivity contribution in [3.8, 4) is 5.75 Å². The van der Waals surface area contributed by atoms with Gasteiger partial charge in [0.1, 0.15) is 0 Å². The highest BCUT2D eigenvalue weighted by atomic mass is 32.1. The average molecular weight is 296 g/mol. The minimum absolute atomic E-state index is 0.119. The van der Waals surface area contributed by atoms with Gasteiger partial charge in [-0.1, -0.05) is 11.3 Å². The third-order valence-electron chi connectivity index (χ3n) is 2.36. The summed E-state index contributed by atoms with van der Waals surface area (Å²) in [4.78, 5) is 11.9. The third kappa shape index (κ3) is 3.21. The molecule has 0 radical (unpaired) electrons. The molecule has 2 N–H and O–H groups in total. The number of hydrogen-bond donors (Lipinski definition) is 2. The molecule has 0 saturated carbocycles. The number of anilines is 2. The van der Waals surface area contributed by atoms with Crippen LogP contribution in [0.2, 0.25) is 0 Å². The molecule has 1 heterocycles. The molecule has 2 rings (SSSR count). The summed E-state index contributed by atoms with van der Waals surface area (Å²) in [6.07, 6.45) is 0. The Labute approximate surface area is 119 Å². The Hall–Kier alpha value is -2.22. The molecule has 0 bridgehead atoms. The largest absolute Gasteiger partial charge is 0.494 e. The molecular weight excluding hydrogens is 283 g/mol. The number of aromatic nitrogens is 2. The van der Waals surface area contributed by atoms with Gasteiger partial charge in [0.15, 0.2) is 11.6 Å². The van der Waals surface area contributed by atoms with E-state index in [1.165, 1.54) is 19.2 Å². The molecule has 0 aliphatic heterocycles. The maximum atomic E-state index is 13.5. The molecular formula is C12H13FN4O2S. The number of nitrogens with one attached hydrogen (secondary N) is 2. The summed E-state index contributed by atoms with van der Waals surface area (Å²) in [6, 6.07) is 4.17. The predicted molar refractivity (Wildman–Crippen MR) is 75.0 cm³/mol. The van der Waals surface area contributed by atoms with Gasteiger partial charge in [-0.05, 0) is 19.1 Å². The molecule has 0 aliphatic rings. The maximum absolute atomic E-state index is 13.5. The Morgan fingerprint density at radius 2 is 2.25 bits per heavy atom. The minimum Gasteiger partial charge on any atom is -0.494 e. The van der Waals surface area contributed by atoms with Crippen LogP contribution in [-0.4, -0.2) is 29.8 Å². The van der Waals surface area contributed by atoms with Gasteiger partial charge in [-0.3, -0.25) is 4.79 Å². The zero-order valence-corrected chi connectivity index (χ0v) is 11.8. The molecule has 1 amide bonds. The van der Waals surface area contributed by atoms with Crippen molar-refractivity contribution >= 4 is 28.1 Å². The van der Waals surface area contributed by atoms with Gasteiger partial charge in [0, 0.05) is 18.3 Å². The van der Waals surface area contributed by atoms with Gasteiger partial charge in [-0.15, -0.1) is 10.2 Å². The highest BCUT2D eigenvalue weighted by Crippen LogP contribution is 2.22. The van der Waals surface area contributed by atoms with Crippen LogP contribution in [0, 0.1) is 5.82 Å². The molecule has 6 nitrogen and oxygen atoms in total. The third-order valence-corrected chi connectivity index (χ3v) is 3.24. The van der Waals surface area contributed by atoms with Crippen LogP contribution in [0.1, 0.15) is 16.7 Å². The van der Waals surface area contributed by atoms with Crippen LogP contribution in [0.5, 0.6) is 5.75 Å². The predicted octanol–water partition coefficient (Wildman–Crippen LogP) is 2.37. The number of hydrogen-bond acceptors (Lipinski definition) is 6. The van der Waals surface area contributed by atoms with E-state index in [1.54, 1.807) is 6.07 Å². The van der Waals surface area contributed by atoms with Crippen molar-refractivity contribution < 1.29 is 13.9 Å². The lowest BCUT2D eigenvalue weighted by molar-refractivity contribution is 0.102. The summed E-state index contributed by atoms with van der Waals surface area (Å²) in [7, 11) is 1.38. The van der Waals surface area contributed by atoms with E-state index in [0.29, 0.717) is 17.4 Å². The van der Waals surface area contributed by atoms with E-state index in [9.17, 15) is 9.18 Å². The number of methoxy groups -OCH3 is 1. The van der Waals surface area contributed by atoms with E-state index in [0.717, 1.165) is 11.3 Å². The molecule has 8 heteroatoms.